The van der Waals surface area contributed by atoms with Crippen LogP contribution in [0.4, 0.5) is 24.9 Å². The Balaban J connectivity index is 2.09. The SMILES string of the molecule is CNc1nc(N(C)CCN2CCCC2)cc(C(F)(F)F)n1. The second kappa shape index (κ2) is 6.46. The van der Waals surface area contributed by atoms with Gasteiger partial charge in [-0.3, -0.25) is 0 Å². The van der Waals surface area contributed by atoms with Crippen molar-refractivity contribution in [2.75, 3.05) is 50.5 Å². The van der Waals surface area contributed by atoms with Gasteiger partial charge in [-0.05, 0) is 25.9 Å². The van der Waals surface area contributed by atoms with Crippen LogP contribution in [0.3, 0.4) is 0 Å². The zero-order valence-electron chi connectivity index (χ0n) is 12.2. The van der Waals surface area contributed by atoms with E-state index in [2.05, 4.69) is 20.2 Å². The highest BCUT2D eigenvalue weighted by atomic mass is 19.4. The highest BCUT2D eigenvalue weighted by Gasteiger charge is 2.34. The third-order valence-electron chi connectivity index (χ3n) is 3.57. The minimum atomic E-state index is -4.47. The molecule has 1 aliphatic heterocycles. The Morgan fingerprint density at radius 1 is 1.29 bits per heavy atom. The Morgan fingerprint density at radius 2 is 1.95 bits per heavy atom. The van der Waals surface area contributed by atoms with E-state index in [9.17, 15) is 13.2 Å². The van der Waals surface area contributed by atoms with Crippen LogP contribution in [-0.4, -0.2) is 55.1 Å². The van der Waals surface area contributed by atoms with Crippen LogP contribution in [0.5, 0.6) is 0 Å². The number of aromatic nitrogens is 2. The highest BCUT2D eigenvalue weighted by molar-refractivity contribution is 5.44. The molecule has 0 aliphatic carbocycles. The zero-order valence-corrected chi connectivity index (χ0v) is 12.2. The summed E-state index contributed by atoms with van der Waals surface area (Å²) in [4.78, 5) is 11.6. The van der Waals surface area contributed by atoms with E-state index < -0.39 is 11.9 Å². The van der Waals surface area contributed by atoms with E-state index in [1.54, 1.807) is 11.9 Å². The average molecular weight is 303 g/mol. The molecule has 0 spiro atoms. The van der Waals surface area contributed by atoms with Crippen LogP contribution in [0.25, 0.3) is 0 Å². The molecule has 1 fully saturated rings. The zero-order chi connectivity index (χ0) is 15.5. The Kier molecular flexibility index (Phi) is 4.87. The molecule has 5 nitrogen and oxygen atoms in total. The number of halogens is 3. The van der Waals surface area contributed by atoms with Crippen molar-refractivity contribution >= 4 is 11.8 Å². The molecule has 1 aromatic heterocycles. The molecule has 2 heterocycles. The van der Waals surface area contributed by atoms with Gasteiger partial charge in [0.05, 0.1) is 0 Å². The first-order chi connectivity index (χ1) is 9.90. The Hall–Kier alpha value is -1.57. The van der Waals surface area contributed by atoms with E-state index in [0.717, 1.165) is 25.7 Å². The van der Waals surface area contributed by atoms with Crippen molar-refractivity contribution in [3.63, 3.8) is 0 Å². The lowest BCUT2D eigenvalue weighted by Gasteiger charge is -2.23. The van der Waals surface area contributed by atoms with Crippen LogP contribution in [0.2, 0.25) is 0 Å². The first kappa shape index (κ1) is 15.8. The number of nitrogens with one attached hydrogen (secondary N) is 1. The van der Waals surface area contributed by atoms with Crippen molar-refractivity contribution in [2.45, 2.75) is 19.0 Å². The lowest BCUT2D eigenvalue weighted by Crippen LogP contribution is -2.32. The molecule has 118 valence electrons. The molecule has 0 bridgehead atoms. The molecule has 0 unspecified atom stereocenters. The van der Waals surface area contributed by atoms with Gasteiger partial charge in [0, 0.05) is 33.3 Å². The number of likely N-dealkylation sites (N-methyl/N-ethyl adjacent to an activating group) is 1. The van der Waals surface area contributed by atoms with Crippen molar-refractivity contribution in [3.8, 4) is 0 Å². The van der Waals surface area contributed by atoms with Crippen molar-refractivity contribution in [1.29, 1.82) is 0 Å². The van der Waals surface area contributed by atoms with Gasteiger partial charge in [-0.2, -0.15) is 18.2 Å². The minimum Gasteiger partial charge on any atom is -0.358 e. The van der Waals surface area contributed by atoms with Crippen LogP contribution in [0, 0.1) is 0 Å². The fourth-order valence-electron chi connectivity index (χ4n) is 2.30. The average Bonchev–Trinajstić information content (AvgIpc) is 2.96. The van der Waals surface area contributed by atoms with E-state index in [0.29, 0.717) is 6.54 Å². The summed E-state index contributed by atoms with van der Waals surface area (Å²) >= 11 is 0. The third kappa shape index (κ3) is 4.20. The summed E-state index contributed by atoms with van der Waals surface area (Å²) in [5, 5.41) is 2.57. The lowest BCUT2D eigenvalue weighted by molar-refractivity contribution is -0.141. The van der Waals surface area contributed by atoms with Crippen molar-refractivity contribution in [1.82, 2.24) is 14.9 Å². The van der Waals surface area contributed by atoms with Gasteiger partial charge in [0.15, 0.2) is 5.69 Å². The van der Waals surface area contributed by atoms with E-state index in [4.69, 9.17) is 0 Å². The van der Waals surface area contributed by atoms with Gasteiger partial charge in [-0.25, -0.2) is 4.98 Å². The predicted molar refractivity (Wildman–Crippen MR) is 75.5 cm³/mol. The fraction of sp³-hybridized carbons (Fsp3) is 0.692. The van der Waals surface area contributed by atoms with E-state index in [1.807, 2.05) is 0 Å². The second-order valence-corrected chi connectivity index (χ2v) is 5.15. The van der Waals surface area contributed by atoms with Crippen molar-refractivity contribution < 1.29 is 13.2 Å². The Labute approximate surface area is 122 Å². The van der Waals surface area contributed by atoms with Crippen molar-refractivity contribution in [2.24, 2.45) is 0 Å². The van der Waals surface area contributed by atoms with Gasteiger partial charge in [-0.1, -0.05) is 0 Å². The van der Waals surface area contributed by atoms with Gasteiger partial charge in [-0.15, -0.1) is 0 Å². The lowest BCUT2D eigenvalue weighted by atomic mass is 10.3. The van der Waals surface area contributed by atoms with Gasteiger partial charge in [0.2, 0.25) is 5.95 Å². The summed E-state index contributed by atoms with van der Waals surface area (Å²) in [6.45, 7) is 3.59. The normalized spacial score (nSPS) is 16.2. The second-order valence-electron chi connectivity index (χ2n) is 5.15. The molecule has 21 heavy (non-hydrogen) atoms. The number of alkyl halides is 3. The molecule has 1 N–H and O–H groups in total. The first-order valence-corrected chi connectivity index (χ1v) is 6.97. The monoisotopic (exact) mass is 303 g/mol. The number of nitrogens with zero attached hydrogens (tertiary/aromatic N) is 4. The standard InChI is InChI=1S/C13H20F3N5/c1-17-12-18-10(13(14,15)16)9-11(19-12)20(2)7-8-21-5-3-4-6-21/h9H,3-8H2,1-2H3,(H,17,18,19). The maximum Gasteiger partial charge on any atom is 0.433 e. The smallest absolute Gasteiger partial charge is 0.358 e. The Morgan fingerprint density at radius 3 is 2.52 bits per heavy atom. The molecular formula is C13H20F3N5. The highest BCUT2D eigenvalue weighted by Crippen LogP contribution is 2.30. The third-order valence-corrected chi connectivity index (χ3v) is 3.57. The summed E-state index contributed by atoms with van der Waals surface area (Å²) in [7, 11) is 3.25. The quantitative estimate of drug-likeness (QED) is 0.902. The van der Waals surface area contributed by atoms with Crippen LogP contribution in [-0.2, 0) is 6.18 Å². The maximum atomic E-state index is 12.8. The molecule has 0 atom stereocenters. The van der Waals surface area contributed by atoms with Crippen molar-refractivity contribution in [3.05, 3.63) is 11.8 Å². The van der Waals surface area contributed by atoms with E-state index in [-0.39, 0.29) is 11.8 Å². The minimum absolute atomic E-state index is 0.0205. The first-order valence-electron chi connectivity index (χ1n) is 6.97. The maximum absolute atomic E-state index is 12.8. The fourth-order valence-corrected chi connectivity index (χ4v) is 2.30. The summed E-state index contributed by atoms with van der Waals surface area (Å²) in [6.07, 6.45) is -2.09. The topological polar surface area (TPSA) is 44.3 Å². The number of hydrogen-bond acceptors (Lipinski definition) is 5. The molecule has 0 saturated carbocycles. The van der Waals surface area contributed by atoms with E-state index in [1.165, 1.54) is 19.9 Å². The van der Waals surface area contributed by atoms with Gasteiger partial charge in [0.25, 0.3) is 0 Å². The summed E-state index contributed by atoms with van der Waals surface area (Å²) in [5.74, 6) is 0.258. The van der Waals surface area contributed by atoms with E-state index >= 15 is 0 Å². The molecule has 1 aliphatic rings. The molecule has 0 radical (unpaired) electrons. The van der Waals surface area contributed by atoms with Crippen LogP contribution >= 0.6 is 0 Å². The van der Waals surface area contributed by atoms with Crippen LogP contribution < -0.4 is 10.2 Å². The van der Waals surface area contributed by atoms with Gasteiger partial charge < -0.3 is 15.1 Å². The number of rotatable bonds is 5. The van der Waals surface area contributed by atoms with Gasteiger partial charge in [0.1, 0.15) is 5.82 Å². The number of anilines is 2. The predicted octanol–water partition coefficient (Wildman–Crippen LogP) is 2.07. The summed E-state index contributed by atoms with van der Waals surface area (Å²) in [5.41, 5.74) is -0.926. The molecule has 2 rings (SSSR count). The van der Waals surface area contributed by atoms with Crippen LogP contribution in [0.1, 0.15) is 18.5 Å². The summed E-state index contributed by atoms with van der Waals surface area (Å²) < 4.78 is 38.5. The molecular weight excluding hydrogens is 283 g/mol. The molecule has 1 saturated heterocycles. The van der Waals surface area contributed by atoms with Gasteiger partial charge >= 0.3 is 6.18 Å². The number of likely N-dealkylation sites (tertiary alicyclic amines) is 1. The number of hydrogen-bond donors (Lipinski definition) is 1. The van der Waals surface area contributed by atoms with Crippen LogP contribution in [0.15, 0.2) is 6.07 Å². The molecule has 0 amide bonds. The molecule has 0 aromatic carbocycles. The summed E-state index contributed by atoms with van der Waals surface area (Å²) in [6, 6.07) is 0.991. The Bertz CT molecular complexity index is 471. The largest absolute Gasteiger partial charge is 0.433 e. The molecule has 8 heteroatoms. The molecule has 1 aromatic rings.